The van der Waals surface area contributed by atoms with Gasteiger partial charge in [-0.15, -0.1) is 0 Å². The number of rotatable bonds is 6. The molecule has 0 aliphatic heterocycles. The van der Waals surface area contributed by atoms with E-state index in [1.165, 1.54) is 13.5 Å². The Kier molecular flexibility index (Phi) is 4.51. The molecule has 1 aromatic carbocycles. The van der Waals surface area contributed by atoms with E-state index >= 15 is 0 Å². The molecule has 0 saturated carbocycles. The Balaban J connectivity index is 2.05. The van der Waals surface area contributed by atoms with Gasteiger partial charge in [-0.2, -0.15) is 4.98 Å². The molecule has 8 nitrogen and oxygen atoms in total. The number of nitrogens with one attached hydrogen (secondary N) is 1. The fourth-order valence-electron chi connectivity index (χ4n) is 1.71. The highest BCUT2D eigenvalue weighted by molar-refractivity contribution is 5.99. The van der Waals surface area contributed by atoms with Crippen molar-refractivity contribution in [2.75, 3.05) is 7.11 Å². The monoisotopic (exact) mass is 277 g/mol. The highest BCUT2D eigenvalue weighted by atomic mass is 16.5. The van der Waals surface area contributed by atoms with E-state index in [4.69, 9.17) is 15.7 Å². The molecule has 0 spiro atoms. The van der Waals surface area contributed by atoms with Crippen LogP contribution in [0.1, 0.15) is 17.0 Å². The highest BCUT2D eigenvalue weighted by Crippen LogP contribution is 2.19. The van der Waals surface area contributed by atoms with Crippen LogP contribution >= 0.6 is 0 Å². The Morgan fingerprint density at radius 3 is 3.00 bits per heavy atom. The summed E-state index contributed by atoms with van der Waals surface area (Å²) in [7, 11) is 1.53. The van der Waals surface area contributed by atoms with Crippen molar-refractivity contribution in [2.24, 2.45) is 10.9 Å². The summed E-state index contributed by atoms with van der Waals surface area (Å²) in [6, 6.07) is 5.44. The van der Waals surface area contributed by atoms with Gasteiger partial charge in [0, 0.05) is 6.54 Å². The van der Waals surface area contributed by atoms with Gasteiger partial charge in [-0.25, -0.2) is 0 Å². The molecule has 0 aliphatic carbocycles. The van der Waals surface area contributed by atoms with Crippen molar-refractivity contribution < 1.29 is 14.5 Å². The third kappa shape index (κ3) is 3.23. The first-order valence-corrected chi connectivity index (χ1v) is 5.85. The molecule has 0 atom stereocenters. The number of nitrogens with two attached hydrogens (primary N) is 1. The lowest BCUT2D eigenvalue weighted by molar-refractivity contribution is 0.318. The molecule has 0 unspecified atom stereocenters. The summed E-state index contributed by atoms with van der Waals surface area (Å²) in [5.41, 5.74) is 7.10. The summed E-state index contributed by atoms with van der Waals surface area (Å²) in [5.74, 6) is 1.12. The molecule has 1 aromatic heterocycles. The Morgan fingerprint density at radius 1 is 1.50 bits per heavy atom. The van der Waals surface area contributed by atoms with Crippen molar-refractivity contribution in [2.45, 2.75) is 13.1 Å². The van der Waals surface area contributed by atoms with Gasteiger partial charge in [-0.1, -0.05) is 16.4 Å². The van der Waals surface area contributed by atoms with E-state index in [-0.39, 0.29) is 5.84 Å². The molecular weight excluding hydrogens is 262 g/mol. The molecule has 2 rings (SSSR count). The van der Waals surface area contributed by atoms with Gasteiger partial charge in [-0.05, 0) is 17.7 Å². The van der Waals surface area contributed by atoms with Crippen LogP contribution in [-0.2, 0) is 13.1 Å². The van der Waals surface area contributed by atoms with Crippen LogP contribution in [0.5, 0.6) is 5.75 Å². The van der Waals surface area contributed by atoms with Crippen molar-refractivity contribution in [3.8, 4) is 5.75 Å². The van der Waals surface area contributed by atoms with E-state index in [9.17, 15) is 0 Å². The maximum absolute atomic E-state index is 8.76. The number of ether oxygens (including phenoxy) is 1. The largest absolute Gasteiger partial charge is 0.496 e. The predicted molar refractivity (Wildman–Crippen MR) is 70.3 cm³/mol. The molecular formula is C12H15N5O3. The third-order valence-electron chi connectivity index (χ3n) is 2.67. The number of benzene rings is 1. The Morgan fingerprint density at radius 2 is 2.35 bits per heavy atom. The van der Waals surface area contributed by atoms with Gasteiger partial charge in [0.15, 0.2) is 11.7 Å². The normalized spacial score (nSPS) is 11.6. The average molecular weight is 277 g/mol. The summed E-state index contributed by atoms with van der Waals surface area (Å²) in [5, 5.41) is 18.6. The van der Waals surface area contributed by atoms with Gasteiger partial charge < -0.3 is 25.5 Å². The van der Waals surface area contributed by atoms with E-state index in [0.29, 0.717) is 30.2 Å². The number of nitrogens with zero attached hydrogens (tertiary/aromatic N) is 3. The van der Waals surface area contributed by atoms with E-state index in [0.717, 1.165) is 5.56 Å². The van der Waals surface area contributed by atoms with Gasteiger partial charge in [-0.3, -0.25) is 0 Å². The minimum absolute atomic E-state index is 0.00173. The quantitative estimate of drug-likeness (QED) is 0.304. The zero-order chi connectivity index (χ0) is 14.4. The van der Waals surface area contributed by atoms with E-state index in [2.05, 4.69) is 25.1 Å². The molecule has 0 bridgehead atoms. The van der Waals surface area contributed by atoms with Crippen LogP contribution in [0, 0.1) is 0 Å². The molecule has 0 aliphatic rings. The van der Waals surface area contributed by atoms with Crippen LogP contribution in [0.25, 0.3) is 0 Å². The summed E-state index contributed by atoms with van der Waals surface area (Å²) >= 11 is 0. The SMILES string of the molecule is COc1ccc(CNCc2ncon2)cc1/C(N)=N/O. The van der Waals surface area contributed by atoms with Gasteiger partial charge in [0.05, 0.1) is 19.2 Å². The lowest BCUT2D eigenvalue weighted by Gasteiger charge is -2.10. The van der Waals surface area contributed by atoms with Gasteiger partial charge in [0.2, 0.25) is 6.39 Å². The summed E-state index contributed by atoms with van der Waals surface area (Å²) in [6.07, 6.45) is 1.28. The highest BCUT2D eigenvalue weighted by Gasteiger charge is 2.09. The Labute approximate surface area is 115 Å². The van der Waals surface area contributed by atoms with Crippen molar-refractivity contribution in [3.05, 3.63) is 41.5 Å². The Bertz CT molecular complexity index is 583. The molecule has 20 heavy (non-hydrogen) atoms. The number of hydrogen-bond donors (Lipinski definition) is 3. The molecule has 106 valence electrons. The molecule has 0 saturated heterocycles. The maximum Gasteiger partial charge on any atom is 0.213 e. The zero-order valence-electron chi connectivity index (χ0n) is 10.9. The number of oxime groups is 1. The third-order valence-corrected chi connectivity index (χ3v) is 2.67. The molecule has 0 fully saturated rings. The summed E-state index contributed by atoms with van der Waals surface area (Å²) in [6.45, 7) is 1.06. The van der Waals surface area contributed by atoms with E-state index in [1.807, 2.05) is 6.07 Å². The van der Waals surface area contributed by atoms with Crippen molar-refractivity contribution >= 4 is 5.84 Å². The first-order valence-electron chi connectivity index (χ1n) is 5.85. The van der Waals surface area contributed by atoms with Crippen molar-refractivity contribution in [1.82, 2.24) is 15.5 Å². The van der Waals surface area contributed by atoms with E-state index < -0.39 is 0 Å². The minimum Gasteiger partial charge on any atom is -0.496 e. The fourth-order valence-corrected chi connectivity index (χ4v) is 1.71. The molecule has 0 radical (unpaired) electrons. The number of methoxy groups -OCH3 is 1. The number of aromatic nitrogens is 2. The summed E-state index contributed by atoms with van der Waals surface area (Å²) in [4.78, 5) is 3.90. The predicted octanol–water partition coefficient (Wildman–Crippen LogP) is 0.462. The lowest BCUT2D eigenvalue weighted by atomic mass is 10.1. The number of amidine groups is 1. The van der Waals surface area contributed by atoms with Crippen LogP contribution in [0.15, 0.2) is 34.3 Å². The van der Waals surface area contributed by atoms with Crippen LogP contribution in [-0.4, -0.2) is 28.3 Å². The van der Waals surface area contributed by atoms with Crippen molar-refractivity contribution in [3.63, 3.8) is 0 Å². The van der Waals surface area contributed by atoms with Gasteiger partial charge in [0.25, 0.3) is 0 Å². The van der Waals surface area contributed by atoms with Gasteiger partial charge >= 0.3 is 0 Å². The van der Waals surface area contributed by atoms with Crippen LogP contribution in [0.3, 0.4) is 0 Å². The smallest absolute Gasteiger partial charge is 0.213 e. The van der Waals surface area contributed by atoms with E-state index in [1.54, 1.807) is 12.1 Å². The first-order chi connectivity index (χ1) is 9.74. The molecule has 1 heterocycles. The second-order valence-corrected chi connectivity index (χ2v) is 3.97. The summed E-state index contributed by atoms with van der Waals surface area (Å²) < 4.78 is 9.80. The molecule has 4 N–H and O–H groups in total. The number of hydrogen-bond acceptors (Lipinski definition) is 7. The topological polar surface area (TPSA) is 119 Å². The molecule has 0 amide bonds. The second-order valence-electron chi connectivity index (χ2n) is 3.97. The van der Waals surface area contributed by atoms with Crippen molar-refractivity contribution in [1.29, 1.82) is 0 Å². The zero-order valence-corrected chi connectivity index (χ0v) is 10.9. The molecule has 2 aromatic rings. The fraction of sp³-hybridized carbons (Fsp3) is 0.250. The van der Waals surface area contributed by atoms with Crippen LogP contribution < -0.4 is 15.8 Å². The van der Waals surface area contributed by atoms with Crippen LogP contribution in [0.4, 0.5) is 0 Å². The van der Waals surface area contributed by atoms with Crippen LogP contribution in [0.2, 0.25) is 0 Å². The molecule has 8 heteroatoms. The second kappa shape index (κ2) is 6.53. The first kappa shape index (κ1) is 13.8. The average Bonchev–Trinajstić information content (AvgIpc) is 2.99. The van der Waals surface area contributed by atoms with Gasteiger partial charge in [0.1, 0.15) is 5.75 Å². The lowest BCUT2D eigenvalue weighted by Crippen LogP contribution is -2.17. The standard InChI is InChI=1S/C12H15N5O3/c1-19-10-3-2-8(4-9(10)12(13)16-18)5-14-6-11-15-7-20-17-11/h2-4,7,14,18H,5-6H2,1H3,(H2,13,16). The Hall–Kier alpha value is -2.61. The maximum atomic E-state index is 8.76. The minimum atomic E-state index is 0.00173.